The third-order valence-electron chi connectivity index (χ3n) is 5.94. The average molecular weight is 454 g/mol. The Morgan fingerprint density at radius 1 is 0.824 bits per heavy atom. The van der Waals surface area contributed by atoms with Gasteiger partial charge in [0.05, 0.1) is 0 Å². The van der Waals surface area contributed by atoms with Crippen LogP contribution in [0.15, 0.2) is 84.9 Å². The van der Waals surface area contributed by atoms with Crippen molar-refractivity contribution in [2.24, 2.45) is 0 Å². The minimum atomic E-state index is -1.07. The number of benzene rings is 4. The number of carboxylic acid groups (broad SMARTS) is 1. The molecule has 4 aromatic rings. The maximum absolute atomic E-state index is 12.8. The minimum Gasteiger partial charge on any atom is -0.489 e. The van der Waals surface area contributed by atoms with Crippen molar-refractivity contribution < 1.29 is 19.4 Å². The van der Waals surface area contributed by atoms with Gasteiger partial charge >= 0.3 is 5.97 Å². The normalized spacial score (nSPS) is 11.7. The lowest BCUT2D eigenvalue weighted by Crippen LogP contribution is -2.42. The van der Waals surface area contributed by atoms with Gasteiger partial charge in [0.2, 0.25) is 0 Å². The van der Waals surface area contributed by atoms with Crippen LogP contribution in [-0.4, -0.2) is 23.0 Å². The number of rotatable bonds is 8. The Balaban J connectivity index is 1.44. The average Bonchev–Trinajstić information content (AvgIpc) is 2.84. The Labute approximate surface area is 199 Å². The van der Waals surface area contributed by atoms with E-state index in [1.807, 2.05) is 54.6 Å². The molecule has 2 N–H and O–H groups in total. The summed E-state index contributed by atoms with van der Waals surface area (Å²) in [5, 5.41) is 14.0. The van der Waals surface area contributed by atoms with E-state index in [1.165, 1.54) is 11.1 Å². The lowest BCUT2D eigenvalue weighted by atomic mass is 10.0. The quantitative estimate of drug-likeness (QED) is 0.371. The molecular formula is C29H27NO4. The molecule has 5 nitrogen and oxygen atoms in total. The van der Waals surface area contributed by atoms with Gasteiger partial charge in [-0.15, -0.1) is 0 Å². The van der Waals surface area contributed by atoms with E-state index >= 15 is 0 Å². The zero-order chi connectivity index (χ0) is 24.1. The molecule has 1 atom stereocenters. The van der Waals surface area contributed by atoms with Crippen LogP contribution in [0.25, 0.3) is 10.8 Å². The van der Waals surface area contributed by atoms with Gasteiger partial charge in [-0.25, -0.2) is 4.79 Å². The van der Waals surface area contributed by atoms with Gasteiger partial charge in [0, 0.05) is 12.0 Å². The van der Waals surface area contributed by atoms with Crippen molar-refractivity contribution in [2.45, 2.75) is 32.9 Å². The van der Waals surface area contributed by atoms with Gasteiger partial charge < -0.3 is 15.2 Å². The molecule has 4 aromatic carbocycles. The Hall–Kier alpha value is -4.12. The number of fused-ring (bicyclic) bond motifs is 1. The van der Waals surface area contributed by atoms with E-state index in [4.69, 9.17) is 4.74 Å². The molecule has 0 saturated carbocycles. The van der Waals surface area contributed by atoms with Crippen LogP contribution in [0.2, 0.25) is 0 Å². The molecule has 0 fully saturated rings. The van der Waals surface area contributed by atoms with E-state index in [0.29, 0.717) is 12.2 Å². The Morgan fingerprint density at radius 2 is 1.56 bits per heavy atom. The van der Waals surface area contributed by atoms with E-state index in [9.17, 15) is 14.7 Å². The van der Waals surface area contributed by atoms with Crippen molar-refractivity contribution in [2.75, 3.05) is 0 Å². The largest absolute Gasteiger partial charge is 0.489 e. The van der Waals surface area contributed by atoms with Crippen molar-refractivity contribution in [3.05, 3.63) is 113 Å². The molecule has 0 saturated heterocycles. The van der Waals surface area contributed by atoms with E-state index in [1.54, 1.807) is 12.1 Å². The molecule has 0 aliphatic rings. The smallest absolute Gasteiger partial charge is 0.326 e. The molecule has 0 aliphatic heterocycles. The van der Waals surface area contributed by atoms with E-state index < -0.39 is 17.9 Å². The predicted molar refractivity (Wildman–Crippen MR) is 133 cm³/mol. The van der Waals surface area contributed by atoms with Gasteiger partial charge in [-0.2, -0.15) is 0 Å². The fraction of sp³-hybridized carbons (Fsp3) is 0.172. The molecule has 34 heavy (non-hydrogen) atoms. The number of ether oxygens (including phenoxy) is 1. The van der Waals surface area contributed by atoms with E-state index in [0.717, 1.165) is 27.6 Å². The van der Waals surface area contributed by atoms with Gasteiger partial charge in [0.25, 0.3) is 5.91 Å². The van der Waals surface area contributed by atoms with Crippen molar-refractivity contribution >= 4 is 22.6 Å². The van der Waals surface area contributed by atoms with Crippen LogP contribution in [0.5, 0.6) is 5.75 Å². The zero-order valence-corrected chi connectivity index (χ0v) is 19.2. The Kier molecular flexibility index (Phi) is 6.93. The molecule has 0 bridgehead atoms. The molecule has 1 unspecified atom stereocenters. The molecule has 0 spiro atoms. The highest BCUT2D eigenvalue weighted by molar-refractivity contribution is 6.00. The summed E-state index contributed by atoms with van der Waals surface area (Å²) < 4.78 is 5.96. The molecule has 0 heterocycles. The number of hydrogen-bond acceptors (Lipinski definition) is 3. The summed E-state index contributed by atoms with van der Waals surface area (Å²) in [5.74, 6) is -0.736. The summed E-state index contributed by atoms with van der Waals surface area (Å²) in [6.45, 7) is 4.65. The summed E-state index contributed by atoms with van der Waals surface area (Å²) in [6.07, 6.45) is 0.219. The number of nitrogens with one attached hydrogen (secondary N) is 1. The third kappa shape index (κ3) is 5.62. The third-order valence-corrected chi connectivity index (χ3v) is 5.94. The lowest BCUT2D eigenvalue weighted by molar-refractivity contribution is -0.139. The molecule has 0 aromatic heterocycles. The van der Waals surface area contributed by atoms with Crippen molar-refractivity contribution in [3.8, 4) is 5.75 Å². The standard InChI is InChI=1S/C29H27NO4/c1-19-8-9-22(14-20(19)2)18-34-26-13-12-23-16-25(11-10-24(23)17-26)28(31)30-27(29(32)33)15-21-6-4-3-5-7-21/h3-14,16-17,27H,15,18H2,1-2H3,(H,30,31)(H,32,33). The molecule has 5 heteroatoms. The molecule has 4 rings (SSSR count). The van der Waals surface area contributed by atoms with Crippen molar-refractivity contribution in [1.82, 2.24) is 5.32 Å². The van der Waals surface area contributed by atoms with Crippen LogP contribution in [0.3, 0.4) is 0 Å². The second-order valence-electron chi connectivity index (χ2n) is 8.49. The maximum atomic E-state index is 12.8. The van der Waals surface area contributed by atoms with Gasteiger partial charge in [-0.1, -0.05) is 60.7 Å². The second-order valence-corrected chi connectivity index (χ2v) is 8.49. The number of carbonyl (C=O) groups is 2. The number of carboxylic acids is 1. The first-order chi connectivity index (χ1) is 16.4. The van der Waals surface area contributed by atoms with Crippen LogP contribution >= 0.6 is 0 Å². The molecule has 0 aliphatic carbocycles. The first-order valence-electron chi connectivity index (χ1n) is 11.2. The fourth-order valence-electron chi connectivity index (χ4n) is 3.81. The first-order valence-corrected chi connectivity index (χ1v) is 11.2. The van der Waals surface area contributed by atoms with Crippen molar-refractivity contribution in [3.63, 3.8) is 0 Å². The highest BCUT2D eigenvalue weighted by Gasteiger charge is 2.21. The fourth-order valence-corrected chi connectivity index (χ4v) is 3.81. The van der Waals surface area contributed by atoms with Gasteiger partial charge in [0.15, 0.2) is 0 Å². The summed E-state index contributed by atoms with van der Waals surface area (Å²) >= 11 is 0. The van der Waals surface area contributed by atoms with E-state index in [-0.39, 0.29) is 6.42 Å². The topological polar surface area (TPSA) is 75.6 Å². The Bertz CT molecular complexity index is 1330. The van der Waals surface area contributed by atoms with Gasteiger partial charge in [0.1, 0.15) is 18.4 Å². The number of carbonyl (C=O) groups excluding carboxylic acids is 1. The van der Waals surface area contributed by atoms with Crippen LogP contribution in [0.4, 0.5) is 0 Å². The lowest BCUT2D eigenvalue weighted by Gasteiger charge is -2.15. The zero-order valence-electron chi connectivity index (χ0n) is 19.2. The number of aryl methyl sites for hydroxylation is 2. The summed E-state index contributed by atoms with van der Waals surface area (Å²) in [6, 6.07) is 25.6. The highest BCUT2D eigenvalue weighted by Crippen LogP contribution is 2.23. The summed E-state index contributed by atoms with van der Waals surface area (Å²) in [5.41, 5.74) is 4.86. The van der Waals surface area contributed by atoms with Gasteiger partial charge in [-0.3, -0.25) is 4.79 Å². The van der Waals surface area contributed by atoms with Gasteiger partial charge in [-0.05, 0) is 71.1 Å². The van der Waals surface area contributed by atoms with Crippen LogP contribution in [-0.2, 0) is 17.8 Å². The highest BCUT2D eigenvalue weighted by atomic mass is 16.5. The molecule has 172 valence electrons. The monoisotopic (exact) mass is 453 g/mol. The number of amides is 1. The minimum absolute atomic E-state index is 0.219. The van der Waals surface area contributed by atoms with Crippen LogP contribution < -0.4 is 10.1 Å². The van der Waals surface area contributed by atoms with E-state index in [2.05, 4.69) is 37.4 Å². The molecule has 0 radical (unpaired) electrons. The van der Waals surface area contributed by atoms with Crippen molar-refractivity contribution in [1.29, 1.82) is 0 Å². The molecular weight excluding hydrogens is 426 g/mol. The van der Waals surface area contributed by atoms with Crippen LogP contribution in [0, 0.1) is 13.8 Å². The SMILES string of the molecule is Cc1ccc(COc2ccc3cc(C(=O)NC(Cc4ccccc4)C(=O)O)ccc3c2)cc1C. The first kappa shape index (κ1) is 23.1. The summed E-state index contributed by atoms with van der Waals surface area (Å²) in [7, 11) is 0. The number of aliphatic carboxylic acids is 1. The van der Waals surface area contributed by atoms with Crippen LogP contribution in [0.1, 0.15) is 32.6 Å². The predicted octanol–water partition coefficient (Wildman–Crippen LogP) is 5.46. The second kappa shape index (κ2) is 10.2. The number of hydrogen-bond donors (Lipinski definition) is 2. The maximum Gasteiger partial charge on any atom is 0.326 e. The molecule has 1 amide bonds. The summed E-state index contributed by atoms with van der Waals surface area (Å²) in [4.78, 5) is 24.5. The Morgan fingerprint density at radius 3 is 2.29 bits per heavy atom.